The Labute approximate surface area is 159 Å². The van der Waals surface area contributed by atoms with E-state index in [1.807, 2.05) is 31.2 Å². The highest BCUT2D eigenvalue weighted by Gasteiger charge is 2.19. The molecule has 1 fully saturated rings. The molecule has 0 saturated carbocycles. The number of hydrogen-bond acceptors (Lipinski definition) is 8. The van der Waals surface area contributed by atoms with Crippen LogP contribution < -0.4 is 20.7 Å². The maximum Gasteiger partial charge on any atom is 0.164 e. The van der Waals surface area contributed by atoms with Gasteiger partial charge in [-0.1, -0.05) is 12.1 Å². The van der Waals surface area contributed by atoms with Crippen molar-refractivity contribution in [3.05, 3.63) is 29.8 Å². The van der Waals surface area contributed by atoms with E-state index in [1.165, 1.54) is 0 Å². The number of anilines is 2. The van der Waals surface area contributed by atoms with Crippen LogP contribution >= 0.6 is 0 Å². The van der Waals surface area contributed by atoms with Crippen LogP contribution in [0.5, 0.6) is 5.75 Å². The van der Waals surface area contributed by atoms with Crippen molar-refractivity contribution < 1.29 is 14.6 Å². The predicted molar refractivity (Wildman–Crippen MR) is 105 cm³/mol. The topological polar surface area (TPSA) is 106 Å². The summed E-state index contributed by atoms with van der Waals surface area (Å²) in [5, 5.41) is 12.7. The summed E-state index contributed by atoms with van der Waals surface area (Å²) in [5.41, 5.74) is 7.85. The van der Waals surface area contributed by atoms with Crippen molar-refractivity contribution in [2.75, 3.05) is 57.1 Å². The Balaban J connectivity index is 1.83. The predicted octanol–water partition coefficient (Wildman–Crippen LogP) is 0.830. The van der Waals surface area contributed by atoms with Gasteiger partial charge in [0.1, 0.15) is 30.1 Å². The van der Waals surface area contributed by atoms with E-state index in [0.717, 1.165) is 30.0 Å². The van der Waals surface area contributed by atoms with E-state index < -0.39 is 6.10 Å². The molecule has 2 heterocycles. The van der Waals surface area contributed by atoms with Crippen molar-refractivity contribution in [2.24, 2.45) is 0 Å². The molecule has 146 valence electrons. The highest BCUT2D eigenvalue weighted by molar-refractivity contribution is 5.66. The fourth-order valence-corrected chi connectivity index (χ4v) is 2.95. The lowest BCUT2D eigenvalue weighted by atomic mass is 10.2. The zero-order valence-corrected chi connectivity index (χ0v) is 15.8. The third-order valence-corrected chi connectivity index (χ3v) is 4.44. The van der Waals surface area contributed by atoms with Crippen molar-refractivity contribution in [1.29, 1.82) is 0 Å². The molecule has 4 N–H and O–H groups in total. The SMILES string of the molecule is CNCC(O)COc1cccc(-c2nc(N)c(C)c(N3CCOCC3)n2)c1. The summed E-state index contributed by atoms with van der Waals surface area (Å²) in [7, 11) is 1.79. The quantitative estimate of drug-likeness (QED) is 0.655. The van der Waals surface area contributed by atoms with E-state index >= 15 is 0 Å². The van der Waals surface area contributed by atoms with E-state index in [9.17, 15) is 5.11 Å². The lowest BCUT2D eigenvalue weighted by Gasteiger charge is -2.29. The van der Waals surface area contributed by atoms with E-state index in [1.54, 1.807) is 7.05 Å². The standard InChI is InChI=1S/C19H27N5O3/c1-13-17(20)22-18(23-19(13)24-6-8-26-9-7-24)14-4-3-5-16(10-14)27-12-15(25)11-21-2/h3-5,10,15,21,25H,6-9,11-12H2,1-2H3,(H2,20,22,23). The highest BCUT2D eigenvalue weighted by atomic mass is 16.5. The van der Waals surface area contributed by atoms with E-state index in [-0.39, 0.29) is 6.61 Å². The number of nitrogens with zero attached hydrogens (tertiary/aromatic N) is 3. The van der Waals surface area contributed by atoms with E-state index in [0.29, 0.717) is 37.2 Å². The first-order chi connectivity index (χ1) is 13.1. The fourth-order valence-electron chi connectivity index (χ4n) is 2.95. The number of likely N-dealkylation sites (N-methyl/N-ethyl adjacent to an activating group) is 1. The molecule has 1 aliphatic heterocycles. The van der Waals surface area contributed by atoms with Crippen LogP contribution in [0.3, 0.4) is 0 Å². The minimum atomic E-state index is -0.571. The second kappa shape index (κ2) is 8.98. The summed E-state index contributed by atoms with van der Waals surface area (Å²) < 4.78 is 11.1. The zero-order chi connectivity index (χ0) is 19.2. The lowest BCUT2D eigenvalue weighted by molar-refractivity contribution is 0.108. The maximum atomic E-state index is 9.80. The Kier molecular flexibility index (Phi) is 6.44. The number of rotatable bonds is 7. The number of benzene rings is 1. The molecule has 1 atom stereocenters. The van der Waals surface area contributed by atoms with Crippen LogP contribution in [0.15, 0.2) is 24.3 Å². The first-order valence-electron chi connectivity index (χ1n) is 9.11. The average Bonchev–Trinajstić information content (AvgIpc) is 2.69. The Bertz CT molecular complexity index is 765. The molecule has 0 spiro atoms. The Hall–Kier alpha value is -2.42. The highest BCUT2D eigenvalue weighted by Crippen LogP contribution is 2.28. The molecule has 1 aromatic heterocycles. The summed E-state index contributed by atoms with van der Waals surface area (Å²) in [5.74, 6) is 2.52. The third kappa shape index (κ3) is 4.85. The maximum absolute atomic E-state index is 9.80. The van der Waals surface area contributed by atoms with Gasteiger partial charge >= 0.3 is 0 Å². The molecule has 27 heavy (non-hydrogen) atoms. The number of nitrogens with one attached hydrogen (secondary N) is 1. The number of ether oxygens (including phenoxy) is 2. The minimum absolute atomic E-state index is 0.209. The molecule has 0 radical (unpaired) electrons. The number of hydrogen-bond donors (Lipinski definition) is 3. The van der Waals surface area contributed by atoms with Gasteiger partial charge in [-0.3, -0.25) is 0 Å². The van der Waals surface area contributed by atoms with Gasteiger partial charge in [0, 0.05) is 30.8 Å². The van der Waals surface area contributed by atoms with Crippen LogP contribution in [-0.2, 0) is 4.74 Å². The van der Waals surface area contributed by atoms with Crippen LogP contribution in [0.25, 0.3) is 11.4 Å². The lowest BCUT2D eigenvalue weighted by Crippen LogP contribution is -2.37. The molecule has 0 bridgehead atoms. The van der Waals surface area contributed by atoms with Crippen molar-refractivity contribution in [2.45, 2.75) is 13.0 Å². The minimum Gasteiger partial charge on any atom is -0.491 e. The van der Waals surface area contributed by atoms with E-state index in [2.05, 4.69) is 15.2 Å². The number of nitrogens with two attached hydrogens (primary N) is 1. The number of aromatic nitrogens is 2. The van der Waals surface area contributed by atoms with Crippen molar-refractivity contribution in [3.63, 3.8) is 0 Å². The molecule has 1 saturated heterocycles. The van der Waals surface area contributed by atoms with Gasteiger partial charge in [-0.05, 0) is 26.1 Å². The van der Waals surface area contributed by atoms with E-state index in [4.69, 9.17) is 20.2 Å². The second-order valence-electron chi connectivity index (χ2n) is 6.53. The van der Waals surface area contributed by atoms with Crippen LogP contribution in [0.4, 0.5) is 11.6 Å². The first-order valence-corrected chi connectivity index (χ1v) is 9.11. The number of aliphatic hydroxyl groups is 1. The van der Waals surface area contributed by atoms with Gasteiger partial charge in [-0.2, -0.15) is 0 Å². The van der Waals surface area contributed by atoms with Gasteiger partial charge in [0.15, 0.2) is 5.82 Å². The number of nitrogen functional groups attached to an aromatic ring is 1. The monoisotopic (exact) mass is 373 g/mol. The Morgan fingerprint density at radius 2 is 2.11 bits per heavy atom. The van der Waals surface area contributed by atoms with Gasteiger partial charge in [0.05, 0.1) is 13.2 Å². The molecule has 1 unspecified atom stereocenters. The molecule has 8 nitrogen and oxygen atoms in total. The summed E-state index contributed by atoms with van der Waals surface area (Å²) in [6, 6.07) is 7.50. The molecule has 8 heteroatoms. The van der Waals surface area contributed by atoms with Crippen molar-refractivity contribution in [1.82, 2.24) is 15.3 Å². The van der Waals surface area contributed by atoms with Crippen LogP contribution in [0.1, 0.15) is 5.56 Å². The molecule has 3 rings (SSSR count). The number of morpholine rings is 1. The van der Waals surface area contributed by atoms with Gasteiger partial charge in [0.25, 0.3) is 0 Å². The third-order valence-electron chi connectivity index (χ3n) is 4.44. The smallest absolute Gasteiger partial charge is 0.164 e. The normalized spacial score (nSPS) is 15.6. The summed E-state index contributed by atoms with van der Waals surface area (Å²) in [6.07, 6.45) is -0.571. The van der Waals surface area contributed by atoms with Crippen molar-refractivity contribution >= 4 is 11.6 Å². The molecule has 0 amide bonds. The summed E-state index contributed by atoms with van der Waals surface area (Å²) in [6.45, 7) is 5.54. The molecule has 1 aliphatic rings. The fraction of sp³-hybridized carbons (Fsp3) is 0.474. The molecular formula is C19H27N5O3. The number of aliphatic hydroxyl groups excluding tert-OH is 1. The second-order valence-corrected chi connectivity index (χ2v) is 6.53. The summed E-state index contributed by atoms with van der Waals surface area (Å²) in [4.78, 5) is 11.4. The Morgan fingerprint density at radius 1 is 1.33 bits per heavy atom. The van der Waals surface area contributed by atoms with Crippen LogP contribution in [-0.4, -0.2) is 67.7 Å². The van der Waals surface area contributed by atoms with Gasteiger partial charge in [-0.15, -0.1) is 0 Å². The van der Waals surface area contributed by atoms with Gasteiger partial charge < -0.3 is 30.5 Å². The van der Waals surface area contributed by atoms with Crippen LogP contribution in [0, 0.1) is 6.92 Å². The molecular weight excluding hydrogens is 346 g/mol. The van der Waals surface area contributed by atoms with Gasteiger partial charge in [-0.25, -0.2) is 9.97 Å². The summed E-state index contributed by atoms with van der Waals surface area (Å²) >= 11 is 0. The average molecular weight is 373 g/mol. The van der Waals surface area contributed by atoms with Crippen molar-refractivity contribution in [3.8, 4) is 17.1 Å². The first kappa shape index (κ1) is 19.3. The van der Waals surface area contributed by atoms with Crippen LogP contribution in [0.2, 0.25) is 0 Å². The zero-order valence-electron chi connectivity index (χ0n) is 15.8. The molecule has 0 aliphatic carbocycles. The molecule has 1 aromatic carbocycles. The Morgan fingerprint density at radius 3 is 2.85 bits per heavy atom. The molecule has 2 aromatic rings. The van der Waals surface area contributed by atoms with Gasteiger partial charge in [0.2, 0.25) is 0 Å². The largest absolute Gasteiger partial charge is 0.491 e.